The first-order valence-corrected chi connectivity index (χ1v) is 6.31. The van der Waals surface area contributed by atoms with Crippen LogP contribution >= 0.6 is 0 Å². The van der Waals surface area contributed by atoms with E-state index >= 15 is 0 Å². The van der Waals surface area contributed by atoms with E-state index in [4.69, 9.17) is 5.11 Å². The van der Waals surface area contributed by atoms with Gasteiger partial charge in [0, 0.05) is 25.2 Å². The Hall–Kier alpha value is -0.900. The number of nitrogens with one attached hydrogen (secondary N) is 1. The van der Waals surface area contributed by atoms with Gasteiger partial charge in [0.2, 0.25) is 0 Å². The van der Waals surface area contributed by atoms with Crippen LogP contribution < -0.4 is 5.32 Å². The number of likely N-dealkylation sites (tertiary alicyclic amines) is 1. The molecule has 1 aliphatic rings. The molecule has 3 nitrogen and oxygen atoms in total. The number of aliphatic hydroxyl groups is 1. The summed E-state index contributed by atoms with van der Waals surface area (Å²) in [7, 11) is 2.18. The SMILES string of the molecule is CC1CC(NCc2cccc(CO)c2)CN1C. The molecule has 1 aliphatic heterocycles. The second-order valence-corrected chi connectivity index (χ2v) is 5.08. The fourth-order valence-corrected chi connectivity index (χ4v) is 2.44. The fourth-order valence-electron chi connectivity index (χ4n) is 2.44. The molecular weight excluding hydrogens is 212 g/mol. The van der Waals surface area contributed by atoms with E-state index in [1.54, 1.807) is 0 Å². The first kappa shape index (κ1) is 12.6. The maximum absolute atomic E-state index is 9.08. The molecule has 0 amide bonds. The molecule has 2 unspecified atom stereocenters. The lowest BCUT2D eigenvalue weighted by molar-refractivity contribution is 0.281. The number of rotatable bonds is 4. The topological polar surface area (TPSA) is 35.5 Å². The van der Waals surface area contributed by atoms with E-state index in [-0.39, 0.29) is 6.61 Å². The summed E-state index contributed by atoms with van der Waals surface area (Å²) in [5.41, 5.74) is 2.24. The van der Waals surface area contributed by atoms with E-state index in [9.17, 15) is 0 Å². The summed E-state index contributed by atoms with van der Waals surface area (Å²) in [6.45, 7) is 4.41. The maximum atomic E-state index is 9.08. The third-order valence-electron chi connectivity index (χ3n) is 3.66. The lowest BCUT2D eigenvalue weighted by Gasteiger charge is -2.13. The first-order valence-electron chi connectivity index (χ1n) is 6.31. The van der Waals surface area contributed by atoms with Crippen molar-refractivity contribution in [2.45, 2.75) is 38.6 Å². The molecule has 1 fully saturated rings. The van der Waals surface area contributed by atoms with Gasteiger partial charge in [-0.05, 0) is 31.5 Å². The number of benzene rings is 1. The highest BCUT2D eigenvalue weighted by Gasteiger charge is 2.25. The van der Waals surface area contributed by atoms with Gasteiger partial charge in [0.25, 0.3) is 0 Å². The quantitative estimate of drug-likeness (QED) is 0.826. The molecule has 1 heterocycles. The van der Waals surface area contributed by atoms with Gasteiger partial charge in [-0.15, -0.1) is 0 Å². The van der Waals surface area contributed by atoms with Crippen molar-refractivity contribution in [3.63, 3.8) is 0 Å². The normalized spacial score (nSPS) is 25.4. The minimum atomic E-state index is 0.122. The van der Waals surface area contributed by atoms with Crippen LogP contribution in [-0.2, 0) is 13.2 Å². The lowest BCUT2D eigenvalue weighted by atomic mass is 10.1. The van der Waals surface area contributed by atoms with Gasteiger partial charge in [0.15, 0.2) is 0 Å². The molecule has 0 aromatic heterocycles. The summed E-state index contributed by atoms with van der Waals surface area (Å²) in [5.74, 6) is 0. The summed E-state index contributed by atoms with van der Waals surface area (Å²) >= 11 is 0. The van der Waals surface area contributed by atoms with Crippen molar-refractivity contribution >= 4 is 0 Å². The van der Waals surface area contributed by atoms with Crippen LogP contribution in [0.1, 0.15) is 24.5 Å². The Morgan fingerprint density at radius 1 is 1.41 bits per heavy atom. The van der Waals surface area contributed by atoms with Crippen molar-refractivity contribution in [2.24, 2.45) is 0 Å². The van der Waals surface area contributed by atoms with Crippen molar-refractivity contribution in [2.75, 3.05) is 13.6 Å². The summed E-state index contributed by atoms with van der Waals surface area (Å²) < 4.78 is 0. The largest absolute Gasteiger partial charge is 0.392 e. The molecule has 0 spiro atoms. The third kappa shape index (κ3) is 3.28. The molecular formula is C14H22N2O. The Kier molecular flexibility index (Phi) is 4.15. The van der Waals surface area contributed by atoms with E-state index in [2.05, 4.69) is 36.3 Å². The Morgan fingerprint density at radius 2 is 2.18 bits per heavy atom. The van der Waals surface area contributed by atoms with Gasteiger partial charge >= 0.3 is 0 Å². The molecule has 0 bridgehead atoms. The fraction of sp³-hybridized carbons (Fsp3) is 0.571. The Morgan fingerprint density at radius 3 is 2.82 bits per heavy atom. The monoisotopic (exact) mass is 234 g/mol. The maximum Gasteiger partial charge on any atom is 0.0681 e. The summed E-state index contributed by atoms with van der Waals surface area (Å²) in [5, 5.41) is 12.7. The molecule has 0 radical (unpaired) electrons. The second kappa shape index (κ2) is 5.63. The Labute approximate surface area is 103 Å². The highest BCUT2D eigenvalue weighted by atomic mass is 16.3. The average Bonchev–Trinajstić information content (AvgIpc) is 2.67. The van der Waals surface area contributed by atoms with Crippen LogP contribution in [0.4, 0.5) is 0 Å². The standard InChI is InChI=1S/C14H22N2O/c1-11-6-14(9-16(11)2)15-8-12-4-3-5-13(7-12)10-17/h3-5,7,11,14-15,17H,6,8-10H2,1-2H3. The summed E-state index contributed by atoms with van der Waals surface area (Å²) in [6.07, 6.45) is 1.22. The van der Waals surface area contributed by atoms with Crippen LogP contribution in [0.25, 0.3) is 0 Å². The molecule has 2 N–H and O–H groups in total. The average molecular weight is 234 g/mol. The molecule has 1 saturated heterocycles. The van der Waals surface area contributed by atoms with E-state index in [0.29, 0.717) is 12.1 Å². The van der Waals surface area contributed by atoms with Gasteiger partial charge in [0.1, 0.15) is 0 Å². The zero-order valence-electron chi connectivity index (χ0n) is 10.7. The minimum absolute atomic E-state index is 0.122. The molecule has 1 aromatic rings. The number of likely N-dealkylation sites (N-methyl/N-ethyl adjacent to an activating group) is 1. The van der Waals surface area contributed by atoms with E-state index < -0.39 is 0 Å². The van der Waals surface area contributed by atoms with Gasteiger partial charge in [-0.25, -0.2) is 0 Å². The number of hydrogen-bond acceptors (Lipinski definition) is 3. The molecule has 0 saturated carbocycles. The lowest BCUT2D eigenvalue weighted by Crippen LogP contribution is -2.31. The third-order valence-corrected chi connectivity index (χ3v) is 3.66. The van der Waals surface area contributed by atoms with Crippen LogP contribution in [-0.4, -0.2) is 35.7 Å². The Balaban J connectivity index is 1.85. The van der Waals surface area contributed by atoms with E-state index in [1.807, 2.05) is 12.1 Å². The number of nitrogens with zero attached hydrogens (tertiary/aromatic N) is 1. The van der Waals surface area contributed by atoms with Gasteiger partial charge in [-0.2, -0.15) is 0 Å². The summed E-state index contributed by atoms with van der Waals surface area (Å²) in [6, 6.07) is 9.40. The molecule has 17 heavy (non-hydrogen) atoms. The zero-order chi connectivity index (χ0) is 12.3. The van der Waals surface area contributed by atoms with Crippen molar-refractivity contribution < 1.29 is 5.11 Å². The highest BCUT2D eigenvalue weighted by Crippen LogP contribution is 2.15. The smallest absolute Gasteiger partial charge is 0.0681 e. The van der Waals surface area contributed by atoms with Crippen LogP contribution in [0.15, 0.2) is 24.3 Å². The van der Waals surface area contributed by atoms with Gasteiger partial charge in [-0.3, -0.25) is 0 Å². The molecule has 3 heteroatoms. The first-order chi connectivity index (χ1) is 8.19. The predicted octanol–water partition coefficient (Wildman–Crippen LogP) is 1.36. The minimum Gasteiger partial charge on any atom is -0.392 e. The number of aliphatic hydroxyl groups excluding tert-OH is 1. The van der Waals surface area contributed by atoms with Crippen molar-refractivity contribution in [1.29, 1.82) is 0 Å². The van der Waals surface area contributed by atoms with Crippen LogP contribution in [0.2, 0.25) is 0 Å². The van der Waals surface area contributed by atoms with Crippen LogP contribution in [0, 0.1) is 0 Å². The van der Waals surface area contributed by atoms with Gasteiger partial charge in [0.05, 0.1) is 6.61 Å². The molecule has 1 aromatic carbocycles. The van der Waals surface area contributed by atoms with Crippen molar-refractivity contribution in [3.05, 3.63) is 35.4 Å². The van der Waals surface area contributed by atoms with Gasteiger partial charge < -0.3 is 15.3 Å². The predicted molar refractivity (Wildman–Crippen MR) is 69.7 cm³/mol. The van der Waals surface area contributed by atoms with Crippen LogP contribution in [0.5, 0.6) is 0 Å². The van der Waals surface area contributed by atoms with Crippen molar-refractivity contribution in [3.8, 4) is 0 Å². The second-order valence-electron chi connectivity index (χ2n) is 5.08. The van der Waals surface area contributed by atoms with Gasteiger partial charge in [-0.1, -0.05) is 24.3 Å². The Bertz CT molecular complexity index is 357. The highest BCUT2D eigenvalue weighted by molar-refractivity contribution is 5.22. The molecule has 2 rings (SSSR count). The molecule has 94 valence electrons. The van der Waals surface area contributed by atoms with E-state index in [1.165, 1.54) is 12.0 Å². The molecule has 0 aliphatic carbocycles. The number of hydrogen-bond donors (Lipinski definition) is 2. The zero-order valence-corrected chi connectivity index (χ0v) is 10.7. The van der Waals surface area contributed by atoms with Crippen molar-refractivity contribution in [1.82, 2.24) is 10.2 Å². The molecule has 2 atom stereocenters. The van der Waals surface area contributed by atoms with E-state index in [0.717, 1.165) is 18.7 Å². The summed E-state index contributed by atoms with van der Waals surface area (Å²) in [4.78, 5) is 2.39. The van der Waals surface area contributed by atoms with Crippen LogP contribution in [0.3, 0.4) is 0 Å².